The Hall–Kier alpha value is -0.880. The summed E-state index contributed by atoms with van der Waals surface area (Å²) in [6, 6.07) is 9.12. The number of carboxylic acids is 1. The highest BCUT2D eigenvalue weighted by molar-refractivity contribution is 7.18. The van der Waals surface area contributed by atoms with Crippen LogP contribution in [0.5, 0.6) is 0 Å². The summed E-state index contributed by atoms with van der Waals surface area (Å²) in [7, 11) is 2.29. The zero-order valence-corrected chi connectivity index (χ0v) is 7.05. The zero-order chi connectivity index (χ0) is 8.27. The minimum absolute atomic E-state index is 0.490. The molecule has 0 aromatic heterocycles. The van der Waals surface area contributed by atoms with E-state index in [-0.39, 0.29) is 0 Å². The fourth-order valence-electron chi connectivity index (χ4n) is 0.803. The van der Waals surface area contributed by atoms with Crippen molar-refractivity contribution in [2.75, 3.05) is 0 Å². The van der Waals surface area contributed by atoms with Gasteiger partial charge in [-0.15, -0.1) is 9.24 Å². The summed E-state index contributed by atoms with van der Waals surface area (Å²) in [5.74, 6) is -0.818. The Balaban J connectivity index is 2.85. The van der Waals surface area contributed by atoms with E-state index >= 15 is 0 Å². The first-order chi connectivity index (χ1) is 5.22. The van der Waals surface area contributed by atoms with Crippen molar-refractivity contribution in [1.82, 2.24) is 0 Å². The van der Waals surface area contributed by atoms with Crippen LogP contribution in [0, 0.1) is 0 Å². The van der Waals surface area contributed by atoms with E-state index in [0.717, 1.165) is 5.56 Å². The second-order valence-electron chi connectivity index (χ2n) is 2.23. The second-order valence-corrected chi connectivity index (χ2v) is 2.89. The molecule has 2 atom stereocenters. The van der Waals surface area contributed by atoms with Crippen LogP contribution < -0.4 is 0 Å². The normalized spacial score (nSPS) is 12.5. The van der Waals surface area contributed by atoms with E-state index in [1.165, 1.54) is 0 Å². The summed E-state index contributed by atoms with van der Waals surface area (Å²) in [6.07, 6.45) is 0. The second kappa shape index (κ2) is 3.49. The summed E-state index contributed by atoms with van der Waals surface area (Å²) in [4.78, 5) is 10.5. The summed E-state index contributed by atoms with van der Waals surface area (Å²) in [5.41, 5.74) is 0.321. The zero-order valence-electron chi connectivity index (χ0n) is 5.90. The molecule has 1 aromatic carbocycles. The van der Waals surface area contributed by atoms with Gasteiger partial charge >= 0.3 is 5.97 Å². The number of carbonyl (C=O) groups is 1. The molecule has 3 heteroatoms. The van der Waals surface area contributed by atoms with E-state index in [2.05, 4.69) is 9.24 Å². The minimum atomic E-state index is -0.818. The van der Waals surface area contributed by atoms with Crippen molar-refractivity contribution >= 4 is 15.2 Å². The molecule has 1 aromatic rings. The Labute approximate surface area is 67.4 Å². The third-order valence-corrected chi connectivity index (χ3v) is 2.09. The molecular formula is C8H9O2P. The predicted molar refractivity (Wildman–Crippen MR) is 46.5 cm³/mol. The molecular weight excluding hydrogens is 159 g/mol. The third kappa shape index (κ3) is 2.02. The summed E-state index contributed by atoms with van der Waals surface area (Å²) < 4.78 is 0. The quantitative estimate of drug-likeness (QED) is 0.682. The van der Waals surface area contributed by atoms with Gasteiger partial charge in [-0.1, -0.05) is 30.3 Å². The largest absolute Gasteiger partial charge is 0.481 e. The average molecular weight is 168 g/mol. The predicted octanol–water partition coefficient (Wildman–Crippen LogP) is 1.69. The first-order valence-corrected chi connectivity index (χ1v) is 3.92. The van der Waals surface area contributed by atoms with Crippen molar-refractivity contribution in [2.45, 2.75) is 5.66 Å². The van der Waals surface area contributed by atoms with Crippen LogP contribution in [0.3, 0.4) is 0 Å². The molecule has 0 spiro atoms. The summed E-state index contributed by atoms with van der Waals surface area (Å²) >= 11 is 0. The van der Waals surface area contributed by atoms with Gasteiger partial charge in [0.15, 0.2) is 0 Å². The van der Waals surface area contributed by atoms with Gasteiger partial charge < -0.3 is 5.11 Å². The van der Waals surface area contributed by atoms with Gasteiger partial charge in [0.2, 0.25) is 0 Å². The van der Waals surface area contributed by atoms with Crippen molar-refractivity contribution in [1.29, 1.82) is 0 Å². The van der Waals surface area contributed by atoms with Gasteiger partial charge in [0.05, 0.1) is 5.66 Å². The summed E-state index contributed by atoms with van der Waals surface area (Å²) in [5, 5.41) is 8.61. The average Bonchev–Trinajstić information content (AvgIpc) is 2.05. The topological polar surface area (TPSA) is 37.3 Å². The summed E-state index contributed by atoms with van der Waals surface area (Å²) in [6.45, 7) is 0. The fraction of sp³-hybridized carbons (Fsp3) is 0.125. The van der Waals surface area contributed by atoms with Crippen molar-refractivity contribution in [2.24, 2.45) is 0 Å². The number of rotatable bonds is 2. The third-order valence-electron chi connectivity index (χ3n) is 1.42. The molecule has 0 fully saturated rings. The van der Waals surface area contributed by atoms with E-state index in [4.69, 9.17) is 5.11 Å². The van der Waals surface area contributed by atoms with Gasteiger partial charge in [-0.3, -0.25) is 4.79 Å². The minimum Gasteiger partial charge on any atom is -0.481 e. The van der Waals surface area contributed by atoms with Gasteiger partial charge in [-0.25, -0.2) is 0 Å². The van der Waals surface area contributed by atoms with E-state index in [9.17, 15) is 4.79 Å². The van der Waals surface area contributed by atoms with Crippen LogP contribution in [0.25, 0.3) is 0 Å². The molecule has 58 valence electrons. The van der Waals surface area contributed by atoms with Crippen LogP contribution in [0.4, 0.5) is 0 Å². The first kappa shape index (κ1) is 8.22. The lowest BCUT2D eigenvalue weighted by Gasteiger charge is -2.04. The van der Waals surface area contributed by atoms with Crippen LogP contribution >= 0.6 is 9.24 Å². The number of benzene rings is 1. The first-order valence-electron chi connectivity index (χ1n) is 3.25. The molecule has 0 radical (unpaired) electrons. The van der Waals surface area contributed by atoms with Crippen LogP contribution in [0.15, 0.2) is 30.3 Å². The van der Waals surface area contributed by atoms with E-state index in [1.54, 1.807) is 12.1 Å². The van der Waals surface area contributed by atoms with E-state index in [0.29, 0.717) is 0 Å². The molecule has 0 bridgehead atoms. The monoisotopic (exact) mass is 168 g/mol. The van der Waals surface area contributed by atoms with Crippen molar-refractivity contribution in [3.8, 4) is 0 Å². The van der Waals surface area contributed by atoms with E-state index < -0.39 is 11.6 Å². The van der Waals surface area contributed by atoms with Crippen LogP contribution in [0.2, 0.25) is 0 Å². The van der Waals surface area contributed by atoms with Gasteiger partial charge in [0.1, 0.15) is 0 Å². The van der Waals surface area contributed by atoms with E-state index in [1.807, 2.05) is 18.2 Å². The fourth-order valence-corrected chi connectivity index (χ4v) is 1.03. The Morgan fingerprint density at radius 3 is 2.36 bits per heavy atom. The van der Waals surface area contributed by atoms with Gasteiger partial charge in [-0.2, -0.15) is 0 Å². The Morgan fingerprint density at radius 1 is 1.36 bits per heavy atom. The highest BCUT2D eigenvalue weighted by Gasteiger charge is 2.11. The van der Waals surface area contributed by atoms with Gasteiger partial charge in [-0.05, 0) is 5.56 Å². The van der Waals surface area contributed by atoms with Crippen molar-refractivity contribution in [3.05, 3.63) is 35.9 Å². The molecule has 2 nitrogen and oxygen atoms in total. The number of aliphatic carboxylic acids is 1. The molecule has 0 aliphatic rings. The number of hydrogen-bond acceptors (Lipinski definition) is 1. The standard InChI is InChI=1S/C8H9O2P/c9-8(10)7(11)6-4-2-1-3-5-6/h1-5,7H,11H2,(H,9,10). The SMILES string of the molecule is O=C(O)C(P)c1ccccc1. The Morgan fingerprint density at radius 2 is 1.91 bits per heavy atom. The smallest absolute Gasteiger partial charge is 0.314 e. The van der Waals surface area contributed by atoms with Crippen molar-refractivity contribution < 1.29 is 9.90 Å². The van der Waals surface area contributed by atoms with Crippen LogP contribution in [-0.4, -0.2) is 11.1 Å². The lowest BCUT2D eigenvalue weighted by atomic mass is 10.1. The Kier molecular flexibility index (Phi) is 2.61. The van der Waals surface area contributed by atoms with Crippen LogP contribution in [-0.2, 0) is 4.79 Å². The number of hydrogen-bond donors (Lipinski definition) is 1. The molecule has 0 saturated heterocycles. The maximum atomic E-state index is 10.5. The number of carboxylic acid groups (broad SMARTS) is 1. The molecule has 0 saturated carbocycles. The molecule has 0 aliphatic carbocycles. The highest BCUT2D eigenvalue weighted by Crippen LogP contribution is 2.21. The maximum absolute atomic E-state index is 10.5. The van der Waals surface area contributed by atoms with Gasteiger partial charge in [0, 0.05) is 0 Å². The highest BCUT2D eigenvalue weighted by atomic mass is 31.0. The molecule has 0 aliphatic heterocycles. The molecule has 0 amide bonds. The van der Waals surface area contributed by atoms with Crippen LogP contribution in [0.1, 0.15) is 11.2 Å². The van der Waals surface area contributed by atoms with Gasteiger partial charge in [0.25, 0.3) is 0 Å². The molecule has 0 heterocycles. The molecule has 2 unspecified atom stereocenters. The van der Waals surface area contributed by atoms with Crippen molar-refractivity contribution in [3.63, 3.8) is 0 Å². The molecule has 1 rings (SSSR count). The molecule has 1 N–H and O–H groups in total. The lowest BCUT2D eigenvalue weighted by molar-refractivity contribution is -0.136. The maximum Gasteiger partial charge on any atom is 0.314 e. The molecule has 11 heavy (non-hydrogen) atoms. The Bertz CT molecular complexity index is 246. The lowest BCUT2D eigenvalue weighted by Crippen LogP contribution is -2.03.